The highest BCUT2D eigenvalue weighted by Crippen LogP contribution is 2.31. The second-order valence-electron chi connectivity index (χ2n) is 6.49. The van der Waals surface area contributed by atoms with Crippen molar-refractivity contribution < 1.29 is 9.53 Å². The number of carbonyl (C=O) groups is 1. The van der Waals surface area contributed by atoms with Crippen LogP contribution in [0.2, 0.25) is 0 Å². The molecule has 0 spiro atoms. The number of rotatable bonds is 6. The molecule has 1 aliphatic rings. The van der Waals surface area contributed by atoms with Crippen molar-refractivity contribution in [1.29, 1.82) is 0 Å². The first-order chi connectivity index (χ1) is 13.6. The van der Waals surface area contributed by atoms with E-state index in [1.165, 1.54) is 11.3 Å². The zero-order chi connectivity index (χ0) is 19.5. The van der Waals surface area contributed by atoms with Crippen LogP contribution < -0.4 is 16.7 Å². The van der Waals surface area contributed by atoms with E-state index in [-0.39, 0.29) is 23.3 Å². The number of thioether (sulfide) groups is 1. The Bertz CT molecular complexity index is 1040. The van der Waals surface area contributed by atoms with Crippen LogP contribution in [0.4, 0.5) is 0 Å². The fourth-order valence-corrected chi connectivity index (χ4v) is 4.87. The normalized spacial score (nSPS) is 16.5. The van der Waals surface area contributed by atoms with Gasteiger partial charge in [-0.1, -0.05) is 42.1 Å². The minimum absolute atomic E-state index is 0.0960. The average Bonchev–Trinajstić information content (AvgIpc) is 3.38. The molecule has 3 N–H and O–H groups in total. The van der Waals surface area contributed by atoms with Crippen molar-refractivity contribution in [1.82, 2.24) is 15.0 Å². The Morgan fingerprint density at radius 3 is 2.96 bits per heavy atom. The number of thiophene rings is 1. The molecule has 1 atom stereocenters. The molecular formula is C19H20N4O3S2. The minimum Gasteiger partial charge on any atom is -0.376 e. The highest BCUT2D eigenvalue weighted by Gasteiger charge is 2.18. The predicted molar refractivity (Wildman–Crippen MR) is 112 cm³/mol. The second-order valence-corrected chi connectivity index (χ2v) is 8.29. The molecule has 1 amide bonds. The molecule has 3 aromatic rings. The van der Waals surface area contributed by atoms with Crippen molar-refractivity contribution in [3.05, 3.63) is 46.1 Å². The molecule has 0 bridgehead atoms. The van der Waals surface area contributed by atoms with Gasteiger partial charge in [0.2, 0.25) is 5.91 Å². The van der Waals surface area contributed by atoms with Crippen LogP contribution in [0.5, 0.6) is 0 Å². The molecule has 1 aromatic carbocycles. The number of fused-ring (bicyclic) bond motifs is 1. The number of amides is 1. The summed E-state index contributed by atoms with van der Waals surface area (Å²) >= 11 is 2.55. The Hall–Kier alpha value is -2.36. The summed E-state index contributed by atoms with van der Waals surface area (Å²) in [4.78, 5) is 30.0. The van der Waals surface area contributed by atoms with Gasteiger partial charge in [-0.15, -0.1) is 11.3 Å². The van der Waals surface area contributed by atoms with Crippen LogP contribution in [0.25, 0.3) is 21.3 Å². The standard InChI is InChI=1S/C19H20N4O3S2/c20-23-18(25)16-14(12-5-2-1-3-6-12)10-27-17(16)22-19(23)28-11-15(24)21-9-13-7-4-8-26-13/h1-3,5-6,10,13H,4,7-9,11,20H2,(H,21,24). The first-order valence-electron chi connectivity index (χ1n) is 8.99. The zero-order valence-electron chi connectivity index (χ0n) is 15.1. The number of nitrogen functional groups attached to an aromatic ring is 1. The highest BCUT2D eigenvalue weighted by atomic mass is 32.2. The van der Waals surface area contributed by atoms with Crippen LogP contribution in [0.1, 0.15) is 12.8 Å². The van der Waals surface area contributed by atoms with Gasteiger partial charge in [-0.2, -0.15) is 0 Å². The van der Waals surface area contributed by atoms with E-state index < -0.39 is 0 Å². The SMILES string of the molecule is Nn1c(SCC(=O)NCC2CCCO2)nc2scc(-c3ccccc3)c2c1=O. The summed E-state index contributed by atoms with van der Waals surface area (Å²) in [6.45, 7) is 1.26. The number of carbonyl (C=O) groups excluding carboxylic acids is 1. The summed E-state index contributed by atoms with van der Waals surface area (Å²) in [5.41, 5.74) is 1.46. The van der Waals surface area contributed by atoms with Crippen LogP contribution in [0.3, 0.4) is 0 Å². The van der Waals surface area contributed by atoms with E-state index in [1.807, 2.05) is 35.7 Å². The Morgan fingerprint density at radius 1 is 1.39 bits per heavy atom. The Balaban J connectivity index is 1.50. The number of hydrogen-bond donors (Lipinski definition) is 2. The van der Waals surface area contributed by atoms with Gasteiger partial charge in [0.05, 0.1) is 17.2 Å². The van der Waals surface area contributed by atoms with Crippen molar-refractivity contribution >= 4 is 39.2 Å². The molecule has 0 aliphatic carbocycles. The summed E-state index contributed by atoms with van der Waals surface area (Å²) in [7, 11) is 0. The third kappa shape index (κ3) is 3.91. The molecule has 4 rings (SSSR count). The lowest BCUT2D eigenvalue weighted by atomic mass is 10.1. The maximum Gasteiger partial charge on any atom is 0.282 e. The predicted octanol–water partition coefficient (Wildman–Crippen LogP) is 2.23. The average molecular weight is 417 g/mol. The largest absolute Gasteiger partial charge is 0.376 e. The van der Waals surface area contributed by atoms with Gasteiger partial charge < -0.3 is 15.9 Å². The van der Waals surface area contributed by atoms with Crippen molar-refractivity contribution in [3.8, 4) is 11.1 Å². The van der Waals surface area contributed by atoms with Gasteiger partial charge in [-0.25, -0.2) is 9.66 Å². The lowest BCUT2D eigenvalue weighted by Gasteiger charge is -2.11. The van der Waals surface area contributed by atoms with E-state index in [2.05, 4.69) is 10.3 Å². The van der Waals surface area contributed by atoms with E-state index in [1.54, 1.807) is 0 Å². The number of ether oxygens (including phenoxy) is 1. The number of benzene rings is 1. The number of nitrogens with zero attached hydrogens (tertiary/aromatic N) is 2. The number of aromatic nitrogens is 2. The van der Waals surface area contributed by atoms with Crippen LogP contribution in [-0.2, 0) is 9.53 Å². The van der Waals surface area contributed by atoms with Crippen LogP contribution in [0, 0.1) is 0 Å². The van der Waals surface area contributed by atoms with Crippen LogP contribution in [-0.4, -0.2) is 40.6 Å². The van der Waals surface area contributed by atoms with Gasteiger partial charge in [0.25, 0.3) is 5.56 Å². The van der Waals surface area contributed by atoms with E-state index >= 15 is 0 Å². The number of nitrogens with one attached hydrogen (secondary N) is 1. The van der Waals surface area contributed by atoms with Crippen molar-refractivity contribution in [3.63, 3.8) is 0 Å². The van der Waals surface area contributed by atoms with Crippen LogP contribution in [0.15, 0.2) is 45.7 Å². The van der Waals surface area contributed by atoms with Gasteiger partial charge in [-0.3, -0.25) is 9.59 Å². The van der Waals surface area contributed by atoms with E-state index in [9.17, 15) is 9.59 Å². The van der Waals surface area contributed by atoms with E-state index in [0.29, 0.717) is 21.9 Å². The lowest BCUT2D eigenvalue weighted by Crippen LogP contribution is -2.34. The third-order valence-electron chi connectivity index (χ3n) is 4.58. The molecular weight excluding hydrogens is 396 g/mol. The molecule has 0 radical (unpaired) electrons. The molecule has 1 fully saturated rings. The minimum atomic E-state index is -0.313. The summed E-state index contributed by atoms with van der Waals surface area (Å²) in [6, 6.07) is 9.67. The lowest BCUT2D eigenvalue weighted by molar-refractivity contribution is -0.119. The smallest absolute Gasteiger partial charge is 0.282 e. The molecule has 7 nitrogen and oxygen atoms in total. The first-order valence-corrected chi connectivity index (χ1v) is 10.9. The van der Waals surface area contributed by atoms with Crippen molar-refractivity contribution in [2.75, 3.05) is 24.7 Å². The molecule has 1 saturated heterocycles. The molecule has 1 aliphatic heterocycles. The van der Waals surface area contributed by atoms with Crippen LogP contribution >= 0.6 is 23.1 Å². The molecule has 0 saturated carbocycles. The first kappa shape index (κ1) is 19.0. The molecule has 2 aromatic heterocycles. The monoisotopic (exact) mass is 416 g/mol. The summed E-state index contributed by atoms with van der Waals surface area (Å²) < 4.78 is 6.52. The third-order valence-corrected chi connectivity index (χ3v) is 6.40. The maximum atomic E-state index is 12.8. The fraction of sp³-hybridized carbons (Fsp3) is 0.316. The van der Waals surface area contributed by atoms with Gasteiger partial charge in [-0.05, 0) is 18.4 Å². The van der Waals surface area contributed by atoms with Gasteiger partial charge >= 0.3 is 0 Å². The molecule has 146 valence electrons. The summed E-state index contributed by atoms with van der Waals surface area (Å²) in [5, 5.41) is 5.60. The van der Waals surface area contributed by atoms with E-state index in [4.69, 9.17) is 10.6 Å². The van der Waals surface area contributed by atoms with Crippen molar-refractivity contribution in [2.45, 2.75) is 24.1 Å². The molecule has 9 heteroatoms. The zero-order valence-corrected chi connectivity index (χ0v) is 16.7. The van der Waals surface area contributed by atoms with Gasteiger partial charge in [0.1, 0.15) is 4.83 Å². The fourth-order valence-electron chi connectivity index (χ4n) is 3.13. The Kier molecular flexibility index (Phi) is 5.65. The number of hydrogen-bond acceptors (Lipinski definition) is 7. The Labute approximate surface area is 169 Å². The second kappa shape index (κ2) is 8.34. The molecule has 1 unspecified atom stereocenters. The highest BCUT2D eigenvalue weighted by molar-refractivity contribution is 7.99. The number of nitrogens with two attached hydrogens (primary N) is 1. The van der Waals surface area contributed by atoms with Gasteiger partial charge in [0.15, 0.2) is 5.16 Å². The molecule has 3 heterocycles. The summed E-state index contributed by atoms with van der Waals surface area (Å²) in [5.74, 6) is 5.99. The quantitative estimate of drug-likeness (QED) is 0.363. The van der Waals surface area contributed by atoms with E-state index in [0.717, 1.165) is 47.0 Å². The summed E-state index contributed by atoms with van der Waals surface area (Å²) in [6.07, 6.45) is 2.10. The Morgan fingerprint density at radius 2 is 2.21 bits per heavy atom. The topological polar surface area (TPSA) is 99.2 Å². The maximum absolute atomic E-state index is 12.8. The van der Waals surface area contributed by atoms with Crippen molar-refractivity contribution in [2.24, 2.45) is 0 Å². The van der Waals surface area contributed by atoms with Gasteiger partial charge in [0, 0.05) is 24.1 Å². The molecule has 28 heavy (non-hydrogen) atoms.